The number of fused-ring (bicyclic) bond motifs is 1. The van der Waals surface area contributed by atoms with Gasteiger partial charge in [0.2, 0.25) is 0 Å². The van der Waals surface area contributed by atoms with Gasteiger partial charge in [0, 0.05) is 48.0 Å². The summed E-state index contributed by atoms with van der Waals surface area (Å²) < 4.78 is 0. The maximum atomic E-state index is 12.6. The van der Waals surface area contributed by atoms with E-state index < -0.39 is 0 Å². The standard InChI is InChI=1S/C23H28N4O/c1-16-17(2)26-21-9-8-19(13-20(16)21)23(28)25-15-18-7-10-22(24-14-18)27-11-5-3-4-6-12-27/h7-10,13-14,26H,3-6,11-12,15H2,1-2H3,(H,25,28). The van der Waals surface area contributed by atoms with Gasteiger partial charge in [0.25, 0.3) is 5.91 Å². The second-order valence-electron chi connectivity index (χ2n) is 7.74. The van der Waals surface area contributed by atoms with E-state index in [9.17, 15) is 4.79 Å². The summed E-state index contributed by atoms with van der Waals surface area (Å²) in [6, 6.07) is 9.95. The first-order valence-electron chi connectivity index (χ1n) is 10.2. The lowest BCUT2D eigenvalue weighted by Gasteiger charge is -2.21. The van der Waals surface area contributed by atoms with Gasteiger partial charge in [-0.2, -0.15) is 0 Å². The molecule has 2 aromatic heterocycles. The molecule has 2 N–H and O–H groups in total. The molecule has 146 valence electrons. The number of nitrogens with one attached hydrogen (secondary N) is 2. The number of H-pyrrole nitrogens is 1. The van der Waals surface area contributed by atoms with Crippen LogP contribution in [0.3, 0.4) is 0 Å². The van der Waals surface area contributed by atoms with Gasteiger partial charge in [0.1, 0.15) is 5.82 Å². The number of benzene rings is 1. The highest BCUT2D eigenvalue weighted by Crippen LogP contribution is 2.22. The molecular weight excluding hydrogens is 348 g/mol. The molecule has 3 aromatic rings. The van der Waals surface area contributed by atoms with Crippen molar-refractivity contribution >= 4 is 22.6 Å². The first kappa shape index (κ1) is 18.5. The van der Waals surface area contributed by atoms with Gasteiger partial charge in [0.05, 0.1) is 0 Å². The summed E-state index contributed by atoms with van der Waals surface area (Å²) in [5.74, 6) is 0.984. The lowest BCUT2D eigenvalue weighted by atomic mass is 10.1. The second kappa shape index (κ2) is 8.05. The number of hydrogen-bond donors (Lipinski definition) is 2. The Kier molecular flexibility index (Phi) is 5.33. The van der Waals surface area contributed by atoms with E-state index in [2.05, 4.69) is 46.2 Å². The normalized spacial score (nSPS) is 14.9. The summed E-state index contributed by atoms with van der Waals surface area (Å²) in [6.07, 6.45) is 6.99. The quantitative estimate of drug-likeness (QED) is 0.705. The number of pyridine rings is 1. The van der Waals surface area contributed by atoms with Crippen LogP contribution in [0.15, 0.2) is 36.5 Å². The third-order valence-electron chi connectivity index (χ3n) is 5.76. The summed E-state index contributed by atoms with van der Waals surface area (Å²) in [5, 5.41) is 4.12. The van der Waals surface area contributed by atoms with E-state index in [-0.39, 0.29) is 5.91 Å². The fraction of sp³-hybridized carbons (Fsp3) is 0.391. The molecule has 0 aliphatic carbocycles. The minimum Gasteiger partial charge on any atom is -0.358 e. The van der Waals surface area contributed by atoms with Gasteiger partial charge in [0.15, 0.2) is 0 Å². The van der Waals surface area contributed by atoms with Crippen molar-refractivity contribution in [2.24, 2.45) is 0 Å². The minimum atomic E-state index is -0.0586. The molecule has 4 rings (SSSR count). The number of anilines is 1. The Labute approximate surface area is 166 Å². The molecule has 1 saturated heterocycles. The van der Waals surface area contributed by atoms with Crippen molar-refractivity contribution in [1.29, 1.82) is 0 Å². The molecule has 0 radical (unpaired) electrons. The van der Waals surface area contributed by atoms with E-state index in [0.717, 1.165) is 41.1 Å². The summed E-state index contributed by atoms with van der Waals surface area (Å²) in [7, 11) is 0. The van der Waals surface area contributed by atoms with Crippen LogP contribution in [-0.4, -0.2) is 29.0 Å². The van der Waals surface area contributed by atoms with E-state index in [1.807, 2.05) is 24.4 Å². The SMILES string of the molecule is Cc1[nH]c2ccc(C(=O)NCc3ccc(N4CCCCCC4)nc3)cc2c1C. The molecule has 0 spiro atoms. The molecular formula is C23H28N4O. The Morgan fingerprint density at radius 2 is 1.89 bits per heavy atom. The first-order chi connectivity index (χ1) is 13.6. The van der Waals surface area contributed by atoms with Gasteiger partial charge in [-0.15, -0.1) is 0 Å². The third-order valence-corrected chi connectivity index (χ3v) is 5.76. The zero-order valence-corrected chi connectivity index (χ0v) is 16.7. The van der Waals surface area contributed by atoms with Crippen molar-refractivity contribution in [3.05, 3.63) is 58.9 Å². The van der Waals surface area contributed by atoms with Crippen molar-refractivity contribution in [3.8, 4) is 0 Å². The van der Waals surface area contributed by atoms with E-state index in [1.54, 1.807) is 0 Å². The molecule has 3 heterocycles. The van der Waals surface area contributed by atoms with Crippen LogP contribution in [-0.2, 0) is 6.54 Å². The Balaban J connectivity index is 1.40. The van der Waals surface area contributed by atoms with Crippen molar-refractivity contribution in [3.63, 3.8) is 0 Å². The zero-order chi connectivity index (χ0) is 19.5. The average molecular weight is 377 g/mol. The maximum Gasteiger partial charge on any atom is 0.251 e. The lowest BCUT2D eigenvalue weighted by molar-refractivity contribution is 0.0951. The molecule has 5 heteroatoms. The summed E-state index contributed by atoms with van der Waals surface area (Å²) >= 11 is 0. The molecule has 1 fully saturated rings. The van der Waals surface area contributed by atoms with Crippen molar-refractivity contribution < 1.29 is 4.79 Å². The van der Waals surface area contributed by atoms with Gasteiger partial charge < -0.3 is 15.2 Å². The van der Waals surface area contributed by atoms with Crippen LogP contribution < -0.4 is 10.2 Å². The molecule has 0 bridgehead atoms. The Bertz CT molecular complexity index is 966. The number of rotatable bonds is 4. The van der Waals surface area contributed by atoms with E-state index in [1.165, 1.54) is 31.2 Å². The van der Waals surface area contributed by atoms with Crippen LogP contribution in [0.4, 0.5) is 5.82 Å². The first-order valence-corrected chi connectivity index (χ1v) is 10.2. The molecule has 1 aliphatic rings. The smallest absolute Gasteiger partial charge is 0.251 e. The molecule has 1 aliphatic heterocycles. The van der Waals surface area contributed by atoms with Crippen LogP contribution in [0.1, 0.15) is 52.9 Å². The monoisotopic (exact) mass is 376 g/mol. The highest BCUT2D eigenvalue weighted by Gasteiger charge is 2.12. The van der Waals surface area contributed by atoms with Crippen LogP contribution in [0.2, 0.25) is 0 Å². The maximum absolute atomic E-state index is 12.6. The van der Waals surface area contributed by atoms with Crippen molar-refractivity contribution in [2.75, 3.05) is 18.0 Å². The largest absolute Gasteiger partial charge is 0.358 e. The van der Waals surface area contributed by atoms with Crippen LogP contribution in [0, 0.1) is 13.8 Å². The molecule has 0 saturated carbocycles. The Morgan fingerprint density at radius 1 is 1.11 bits per heavy atom. The topological polar surface area (TPSA) is 61.0 Å². The number of aryl methyl sites for hydroxylation is 2. The number of nitrogens with zero attached hydrogens (tertiary/aromatic N) is 2. The third kappa shape index (κ3) is 3.88. The van der Waals surface area contributed by atoms with Gasteiger partial charge in [-0.05, 0) is 62.1 Å². The highest BCUT2D eigenvalue weighted by molar-refractivity contribution is 5.99. The Hall–Kier alpha value is -2.82. The van der Waals surface area contributed by atoms with Gasteiger partial charge in [-0.1, -0.05) is 18.9 Å². The van der Waals surface area contributed by atoms with Gasteiger partial charge in [-0.25, -0.2) is 4.98 Å². The summed E-state index contributed by atoms with van der Waals surface area (Å²) in [4.78, 5) is 22.9. The van der Waals surface area contributed by atoms with E-state index >= 15 is 0 Å². The Morgan fingerprint density at radius 3 is 2.61 bits per heavy atom. The highest BCUT2D eigenvalue weighted by atomic mass is 16.1. The number of hydrogen-bond acceptors (Lipinski definition) is 3. The number of carbonyl (C=O) groups excluding carboxylic acids is 1. The van der Waals surface area contributed by atoms with Crippen LogP contribution >= 0.6 is 0 Å². The summed E-state index contributed by atoms with van der Waals surface area (Å²) in [5.41, 5.74) is 5.10. The second-order valence-corrected chi connectivity index (χ2v) is 7.74. The van der Waals surface area contributed by atoms with E-state index in [4.69, 9.17) is 0 Å². The molecule has 0 atom stereocenters. The predicted octanol–water partition coefficient (Wildman–Crippen LogP) is 4.49. The fourth-order valence-electron chi connectivity index (χ4n) is 3.90. The fourth-order valence-corrected chi connectivity index (χ4v) is 3.90. The van der Waals surface area contributed by atoms with Gasteiger partial charge in [-0.3, -0.25) is 4.79 Å². The minimum absolute atomic E-state index is 0.0586. The van der Waals surface area contributed by atoms with E-state index in [0.29, 0.717) is 12.1 Å². The number of amides is 1. The lowest BCUT2D eigenvalue weighted by Crippen LogP contribution is -2.25. The van der Waals surface area contributed by atoms with Crippen molar-refractivity contribution in [1.82, 2.24) is 15.3 Å². The van der Waals surface area contributed by atoms with Crippen LogP contribution in [0.25, 0.3) is 10.9 Å². The molecule has 0 unspecified atom stereocenters. The molecule has 28 heavy (non-hydrogen) atoms. The average Bonchev–Trinajstić information content (AvgIpc) is 2.90. The number of aromatic amines is 1. The zero-order valence-electron chi connectivity index (χ0n) is 16.7. The molecule has 1 aromatic carbocycles. The van der Waals surface area contributed by atoms with Crippen molar-refractivity contribution in [2.45, 2.75) is 46.1 Å². The van der Waals surface area contributed by atoms with Crippen LogP contribution in [0.5, 0.6) is 0 Å². The molecule has 1 amide bonds. The van der Waals surface area contributed by atoms with Gasteiger partial charge >= 0.3 is 0 Å². The molecule has 5 nitrogen and oxygen atoms in total. The number of aromatic nitrogens is 2. The predicted molar refractivity (Wildman–Crippen MR) is 114 cm³/mol. The summed E-state index contributed by atoms with van der Waals surface area (Å²) in [6.45, 7) is 6.78. The number of carbonyl (C=O) groups is 1.